The van der Waals surface area contributed by atoms with Crippen LogP contribution in [0.3, 0.4) is 0 Å². The van der Waals surface area contributed by atoms with Gasteiger partial charge >= 0.3 is 0 Å². The summed E-state index contributed by atoms with van der Waals surface area (Å²) in [5.74, 6) is -0.0833. The van der Waals surface area contributed by atoms with Gasteiger partial charge in [-0.3, -0.25) is 14.9 Å². The average molecular weight is 301 g/mol. The topological polar surface area (TPSA) is 60.2 Å². The van der Waals surface area contributed by atoms with Crippen LogP contribution in [0.25, 0.3) is 6.08 Å². The van der Waals surface area contributed by atoms with Crippen LogP contribution in [0.5, 0.6) is 0 Å². The molecule has 0 unspecified atom stereocenters. The molecule has 0 N–H and O–H groups in total. The van der Waals surface area contributed by atoms with Gasteiger partial charge < -0.3 is 0 Å². The minimum absolute atomic E-state index is 0.0622. The van der Waals surface area contributed by atoms with Gasteiger partial charge in [0.2, 0.25) is 0 Å². The highest BCUT2D eigenvalue weighted by Crippen LogP contribution is 2.23. The van der Waals surface area contributed by atoms with E-state index in [0.29, 0.717) is 16.7 Å². The third kappa shape index (κ3) is 3.44. The summed E-state index contributed by atoms with van der Waals surface area (Å²) in [7, 11) is 0. The highest BCUT2D eigenvalue weighted by molar-refractivity contribution is 7.12. The quantitative estimate of drug-likeness (QED) is 0.362. The maximum atomic E-state index is 12.1. The van der Waals surface area contributed by atoms with Crippen molar-refractivity contribution in [1.82, 2.24) is 0 Å². The summed E-state index contributed by atoms with van der Waals surface area (Å²) >= 11 is 1.58. The van der Waals surface area contributed by atoms with Crippen LogP contribution in [0.4, 0.5) is 5.69 Å². The Labute approximate surface area is 126 Å². The second-order valence-corrected chi connectivity index (χ2v) is 6.29. The van der Waals surface area contributed by atoms with Gasteiger partial charge in [0.25, 0.3) is 5.69 Å². The standard InChI is InChI=1S/C16H15NO3S/c1-10-4-5-13(9-15(10)17(19)20)6-7-16(18)14-8-11(2)21-12(14)3/h4-9H,1-3H3/b7-6+. The number of carbonyl (C=O) groups excluding carboxylic acids is 1. The lowest BCUT2D eigenvalue weighted by Gasteiger charge is -1.98. The van der Waals surface area contributed by atoms with Crippen molar-refractivity contribution in [3.8, 4) is 0 Å². The lowest BCUT2D eigenvalue weighted by molar-refractivity contribution is -0.385. The molecule has 1 heterocycles. The lowest BCUT2D eigenvalue weighted by atomic mass is 10.1. The van der Waals surface area contributed by atoms with Crippen molar-refractivity contribution in [3.63, 3.8) is 0 Å². The van der Waals surface area contributed by atoms with Gasteiger partial charge in [0, 0.05) is 26.9 Å². The zero-order valence-corrected chi connectivity index (χ0v) is 12.9. The SMILES string of the molecule is Cc1cc(C(=O)/C=C/c2ccc(C)c([N+](=O)[O-])c2)c(C)s1. The fourth-order valence-corrected chi connectivity index (χ4v) is 2.99. The number of aryl methyl sites for hydroxylation is 3. The van der Waals surface area contributed by atoms with Crippen molar-refractivity contribution in [3.05, 3.63) is 66.9 Å². The Morgan fingerprint density at radius 1 is 1.24 bits per heavy atom. The van der Waals surface area contributed by atoms with E-state index in [4.69, 9.17) is 0 Å². The summed E-state index contributed by atoms with van der Waals surface area (Å²) in [6, 6.07) is 6.79. The van der Waals surface area contributed by atoms with Gasteiger partial charge in [-0.25, -0.2) is 0 Å². The molecule has 2 rings (SSSR count). The number of benzene rings is 1. The van der Waals surface area contributed by atoms with Gasteiger partial charge in [-0.05, 0) is 38.5 Å². The van der Waals surface area contributed by atoms with E-state index < -0.39 is 4.92 Å². The maximum Gasteiger partial charge on any atom is 0.272 e. The molecule has 0 amide bonds. The minimum atomic E-state index is -0.416. The van der Waals surface area contributed by atoms with Crippen molar-refractivity contribution in [2.24, 2.45) is 0 Å². The molecule has 0 atom stereocenters. The molecule has 0 aliphatic carbocycles. The third-order valence-corrected chi connectivity index (χ3v) is 4.13. The normalized spacial score (nSPS) is 11.0. The van der Waals surface area contributed by atoms with Crippen LogP contribution in [-0.4, -0.2) is 10.7 Å². The predicted molar refractivity (Wildman–Crippen MR) is 85.0 cm³/mol. The molecule has 0 saturated heterocycles. The monoisotopic (exact) mass is 301 g/mol. The number of nitro benzene ring substituents is 1. The van der Waals surface area contributed by atoms with Crippen molar-refractivity contribution in [1.29, 1.82) is 0 Å². The first-order valence-electron chi connectivity index (χ1n) is 6.43. The number of thiophene rings is 1. The molecule has 0 saturated carbocycles. The number of nitrogens with zero attached hydrogens (tertiary/aromatic N) is 1. The summed E-state index contributed by atoms with van der Waals surface area (Å²) in [4.78, 5) is 24.7. The molecule has 0 spiro atoms. The molecule has 0 aliphatic rings. The minimum Gasteiger partial charge on any atom is -0.289 e. The van der Waals surface area contributed by atoms with E-state index in [-0.39, 0.29) is 11.5 Å². The molecule has 0 radical (unpaired) electrons. The zero-order valence-electron chi connectivity index (χ0n) is 12.0. The van der Waals surface area contributed by atoms with Crippen molar-refractivity contribution >= 4 is 28.9 Å². The second kappa shape index (κ2) is 6.01. The number of carbonyl (C=O) groups is 1. The molecular formula is C16H15NO3S. The van der Waals surface area contributed by atoms with E-state index >= 15 is 0 Å². The lowest BCUT2D eigenvalue weighted by Crippen LogP contribution is -1.94. The smallest absolute Gasteiger partial charge is 0.272 e. The summed E-state index contributed by atoms with van der Waals surface area (Å²) in [6.45, 7) is 5.56. The molecule has 0 bridgehead atoms. The van der Waals surface area contributed by atoms with Gasteiger partial charge in [-0.1, -0.05) is 18.2 Å². The Hall–Kier alpha value is -2.27. The Morgan fingerprint density at radius 3 is 2.52 bits per heavy atom. The van der Waals surface area contributed by atoms with E-state index in [1.165, 1.54) is 12.1 Å². The van der Waals surface area contributed by atoms with Crippen LogP contribution in [0.2, 0.25) is 0 Å². The van der Waals surface area contributed by atoms with E-state index in [2.05, 4.69) is 0 Å². The Bertz CT molecular complexity index is 744. The molecule has 2 aromatic rings. The van der Waals surface area contributed by atoms with Crippen molar-refractivity contribution < 1.29 is 9.72 Å². The molecule has 5 heteroatoms. The molecule has 1 aromatic heterocycles. The first kappa shape index (κ1) is 15.1. The van der Waals surface area contributed by atoms with E-state index in [1.54, 1.807) is 36.5 Å². The number of nitro groups is 1. The fourth-order valence-electron chi connectivity index (χ4n) is 2.06. The number of allylic oxidation sites excluding steroid dienone is 1. The van der Waals surface area contributed by atoms with Crippen LogP contribution >= 0.6 is 11.3 Å². The van der Waals surface area contributed by atoms with Crippen LogP contribution in [0.15, 0.2) is 30.3 Å². The second-order valence-electron chi connectivity index (χ2n) is 4.83. The Morgan fingerprint density at radius 2 is 1.95 bits per heavy atom. The van der Waals surface area contributed by atoms with Gasteiger partial charge in [0.1, 0.15) is 0 Å². The first-order valence-corrected chi connectivity index (χ1v) is 7.24. The molecule has 0 aliphatic heterocycles. The molecule has 1 aromatic carbocycles. The summed E-state index contributed by atoms with van der Waals surface area (Å²) < 4.78 is 0. The molecule has 21 heavy (non-hydrogen) atoms. The zero-order chi connectivity index (χ0) is 15.6. The number of hydrogen-bond acceptors (Lipinski definition) is 4. The summed E-state index contributed by atoms with van der Waals surface area (Å²) in [5, 5.41) is 10.9. The fraction of sp³-hybridized carbons (Fsp3) is 0.188. The Kier molecular flexibility index (Phi) is 4.33. The molecular weight excluding hydrogens is 286 g/mol. The van der Waals surface area contributed by atoms with Crippen LogP contribution in [0, 0.1) is 30.9 Å². The largest absolute Gasteiger partial charge is 0.289 e. The van der Waals surface area contributed by atoms with E-state index in [0.717, 1.165) is 9.75 Å². The maximum absolute atomic E-state index is 12.1. The van der Waals surface area contributed by atoms with Gasteiger partial charge in [-0.15, -0.1) is 11.3 Å². The van der Waals surface area contributed by atoms with Crippen LogP contribution < -0.4 is 0 Å². The molecule has 4 nitrogen and oxygen atoms in total. The number of rotatable bonds is 4. The van der Waals surface area contributed by atoms with Gasteiger partial charge in [0.05, 0.1) is 4.92 Å². The highest BCUT2D eigenvalue weighted by Gasteiger charge is 2.11. The summed E-state index contributed by atoms with van der Waals surface area (Å²) in [5.41, 5.74) is 2.00. The van der Waals surface area contributed by atoms with Crippen molar-refractivity contribution in [2.75, 3.05) is 0 Å². The Balaban J connectivity index is 2.25. The number of hydrogen-bond donors (Lipinski definition) is 0. The first-order chi connectivity index (χ1) is 9.88. The van der Waals surface area contributed by atoms with Crippen LogP contribution in [-0.2, 0) is 0 Å². The van der Waals surface area contributed by atoms with Gasteiger partial charge in [-0.2, -0.15) is 0 Å². The van der Waals surface area contributed by atoms with Crippen LogP contribution in [0.1, 0.15) is 31.2 Å². The third-order valence-electron chi connectivity index (χ3n) is 3.16. The number of ketones is 1. The molecule has 0 fully saturated rings. The van der Waals surface area contributed by atoms with E-state index in [9.17, 15) is 14.9 Å². The molecule has 108 valence electrons. The average Bonchev–Trinajstić information content (AvgIpc) is 2.76. The van der Waals surface area contributed by atoms with E-state index in [1.807, 2.05) is 19.9 Å². The highest BCUT2D eigenvalue weighted by atomic mass is 32.1. The van der Waals surface area contributed by atoms with Gasteiger partial charge in [0.15, 0.2) is 5.78 Å². The summed E-state index contributed by atoms with van der Waals surface area (Å²) in [6.07, 6.45) is 3.07. The van der Waals surface area contributed by atoms with Crippen molar-refractivity contribution in [2.45, 2.75) is 20.8 Å². The predicted octanol–water partition coefficient (Wildman–Crippen LogP) is 4.48.